The molecule has 1 fully saturated rings. The summed E-state index contributed by atoms with van der Waals surface area (Å²) >= 11 is 0. The fraction of sp³-hybridized carbons (Fsp3) is 0.438. The lowest BCUT2D eigenvalue weighted by atomic mass is 9.51. The van der Waals surface area contributed by atoms with E-state index in [9.17, 15) is 20.2 Å². The number of carbonyl (C=O) groups excluding carboxylic acids is 1. The first-order chi connectivity index (χ1) is 10.5. The van der Waals surface area contributed by atoms with Gasteiger partial charge < -0.3 is 20.2 Å². The van der Waals surface area contributed by atoms with Crippen LogP contribution in [0.1, 0.15) is 17.5 Å². The van der Waals surface area contributed by atoms with Crippen LogP contribution in [0.5, 0.6) is 11.5 Å². The lowest BCUT2D eigenvalue weighted by molar-refractivity contribution is -0.234. The number of hydroxylamine groups is 2. The predicted octanol–water partition coefficient (Wildman–Crippen LogP) is 0.281. The highest BCUT2D eigenvalue weighted by atomic mass is 16.5. The van der Waals surface area contributed by atoms with E-state index in [0.717, 1.165) is 16.2 Å². The molecule has 2 aliphatic heterocycles. The van der Waals surface area contributed by atoms with Gasteiger partial charge in [-0.15, -0.1) is 0 Å². The van der Waals surface area contributed by atoms with Crippen LogP contribution in [0.25, 0.3) is 0 Å². The fourth-order valence-electron chi connectivity index (χ4n) is 4.90. The largest absolute Gasteiger partial charge is 0.504 e. The van der Waals surface area contributed by atoms with Gasteiger partial charge in [-0.05, 0) is 36.6 Å². The topological polar surface area (TPSA) is 90.2 Å². The van der Waals surface area contributed by atoms with E-state index in [4.69, 9.17) is 4.74 Å². The maximum Gasteiger partial charge on any atom is 0.196 e. The molecule has 0 radical (unpaired) electrons. The second-order valence-corrected chi connectivity index (χ2v) is 6.61. The van der Waals surface area contributed by atoms with Crippen molar-refractivity contribution in [2.24, 2.45) is 0 Å². The summed E-state index contributed by atoms with van der Waals surface area (Å²) < 4.78 is 5.81. The Morgan fingerprint density at radius 3 is 3.00 bits per heavy atom. The second-order valence-electron chi connectivity index (χ2n) is 6.61. The van der Waals surface area contributed by atoms with Crippen molar-refractivity contribution >= 4 is 5.78 Å². The fourth-order valence-corrected chi connectivity index (χ4v) is 4.90. The zero-order valence-corrected chi connectivity index (χ0v) is 11.7. The van der Waals surface area contributed by atoms with Crippen molar-refractivity contribution in [3.63, 3.8) is 0 Å². The lowest BCUT2D eigenvalue weighted by Crippen LogP contribution is -2.74. The van der Waals surface area contributed by atoms with Gasteiger partial charge in [0, 0.05) is 12.1 Å². The van der Waals surface area contributed by atoms with Gasteiger partial charge in [-0.1, -0.05) is 6.07 Å². The van der Waals surface area contributed by atoms with Crippen LogP contribution >= 0.6 is 0 Å². The number of piperidine rings is 1. The number of rotatable bonds is 0. The smallest absolute Gasteiger partial charge is 0.196 e. The summed E-state index contributed by atoms with van der Waals surface area (Å²) in [6.07, 6.45) is 2.82. The van der Waals surface area contributed by atoms with Crippen molar-refractivity contribution in [3.8, 4) is 11.5 Å². The first-order valence-corrected chi connectivity index (χ1v) is 7.42. The standard InChI is InChI=1S/C16H15NO5/c18-9-2-1-8-7-11-16(20)4-3-10(19)14-15(16,5-6-17(11)21)12(8)13(9)22-14/h1-4,11,14,18,20-21H,5-7H2/t11-,14+,15+,16-/m1/s1. The lowest BCUT2D eigenvalue weighted by Gasteiger charge is -2.59. The minimum absolute atomic E-state index is 0.0115. The molecule has 5 rings (SSSR count). The van der Waals surface area contributed by atoms with Crippen molar-refractivity contribution in [3.05, 3.63) is 35.4 Å². The molecular weight excluding hydrogens is 286 g/mol. The molecule has 1 spiro atoms. The molecule has 2 bridgehead atoms. The zero-order chi connectivity index (χ0) is 15.3. The van der Waals surface area contributed by atoms with Gasteiger partial charge in [-0.25, -0.2) is 0 Å². The number of phenolic OH excluding ortho intramolecular Hbond substituents is 1. The van der Waals surface area contributed by atoms with E-state index >= 15 is 0 Å². The van der Waals surface area contributed by atoms with E-state index in [1.54, 1.807) is 12.1 Å². The molecule has 4 aliphatic rings. The Kier molecular flexibility index (Phi) is 2.03. The van der Waals surface area contributed by atoms with E-state index in [-0.39, 0.29) is 11.5 Å². The molecule has 0 amide bonds. The Hall–Kier alpha value is -1.89. The van der Waals surface area contributed by atoms with Crippen molar-refractivity contribution in [1.82, 2.24) is 5.06 Å². The highest BCUT2D eigenvalue weighted by Crippen LogP contribution is 2.63. The van der Waals surface area contributed by atoms with Crippen LogP contribution in [-0.2, 0) is 16.6 Å². The minimum atomic E-state index is -1.38. The number of phenols is 1. The van der Waals surface area contributed by atoms with Crippen LogP contribution in [-0.4, -0.2) is 50.6 Å². The number of hydrogen-bond donors (Lipinski definition) is 3. The highest BCUT2D eigenvalue weighted by molar-refractivity contribution is 5.99. The van der Waals surface area contributed by atoms with E-state index in [2.05, 4.69) is 0 Å². The molecule has 1 saturated heterocycles. The van der Waals surface area contributed by atoms with E-state index in [0.29, 0.717) is 25.1 Å². The number of aliphatic hydroxyl groups is 1. The number of hydrogen-bond acceptors (Lipinski definition) is 6. The molecule has 4 atom stereocenters. The number of aromatic hydroxyl groups is 1. The van der Waals surface area contributed by atoms with Gasteiger partial charge >= 0.3 is 0 Å². The summed E-state index contributed by atoms with van der Waals surface area (Å²) in [6, 6.07) is 2.80. The molecule has 22 heavy (non-hydrogen) atoms. The van der Waals surface area contributed by atoms with Gasteiger partial charge in [0.25, 0.3) is 0 Å². The molecule has 0 aromatic heterocycles. The first-order valence-electron chi connectivity index (χ1n) is 7.42. The summed E-state index contributed by atoms with van der Waals surface area (Å²) in [5.41, 5.74) is -0.663. The van der Waals surface area contributed by atoms with Crippen LogP contribution in [0.15, 0.2) is 24.3 Å². The molecule has 1 aromatic carbocycles. The predicted molar refractivity (Wildman–Crippen MR) is 73.9 cm³/mol. The SMILES string of the molecule is O=C1C=C[C@@]2(O)[C@H]3Cc4ccc(O)c5c4[C@@]2(CCN3O)[C@H]1O5. The molecule has 3 N–H and O–H groups in total. The van der Waals surface area contributed by atoms with Crippen molar-refractivity contribution in [1.29, 1.82) is 0 Å². The Balaban J connectivity index is 1.91. The number of nitrogens with zero attached hydrogens (tertiary/aromatic N) is 1. The van der Waals surface area contributed by atoms with Crippen molar-refractivity contribution in [2.45, 2.75) is 36.0 Å². The number of ketones is 1. The van der Waals surface area contributed by atoms with Crippen LogP contribution in [0, 0.1) is 0 Å². The Bertz CT molecular complexity index is 759. The first kappa shape index (κ1) is 12.6. The van der Waals surface area contributed by atoms with Crippen LogP contribution < -0.4 is 4.74 Å². The Morgan fingerprint density at radius 1 is 1.36 bits per heavy atom. The van der Waals surface area contributed by atoms with E-state index in [1.165, 1.54) is 12.2 Å². The summed E-state index contributed by atoms with van der Waals surface area (Å²) in [5.74, 6) is 0.0867. The second kappa shape index (κ2) is 3.53. The van der Waals surface area contributed by atoms with E-state index < -0.39 is 23.2 Å². The number of benzene rings is 1. The maximum atomic E-state index is 12.4. The molecule has 2 aliphatic carbocycles. The van der Waals surface area contributed by atoms with Crippen LogP contribution in [0.3, 0.4) is 0 Å². The van der Waals surface area contributed by atoms with Gasteiger partial charge in [0.05, 0.1) is 11.5 Å². The summed E-state index contributed by atoms with van der Waals surface area (Å²) in [7, 11) is 0. The molecule has 114 valence electrons. The quantitative estimate of drug-likeness (QED) is 0.638. The van der Waals surface area contributed by atoms with Crippen LogP contribution in [0.4, 0.5) is 0 Å². The summed E-state index contributed by atoms with van der Waals surface area (Å²) in [5, 5.41) is 32.9. The van der Waals surface area contributed by atoms with Crippen molar-refractivity contribution < 1.29 is 25.0 Å². The number of ether oxygens (including phenoxy) is 1. The van der Waals surface area contributed by atoms with E-state index in [1.807, 2.05) is 0 Å². The summed E-state index contributed by atoms with van der Waals surface area (Å²) in [4.78, 5) is 12.4. The maximum absolute atomic E-state index is 12.4. The third kappa shape index (κ3) is 1.08. The monoisotopic (exact) mass is 301 g/mol. The van der Waals surface area contributed by atoms with Gasteiger partial charge in [0.1, 0.15) is 5.60 Å². The molecular formula is C16H15NO5. The Labute approximate surface area is 126 Å². The van der Waals surface area contributed by atoms with Gasteiger partial charge in [-0.2, -0.15) is 5.06 Å². The zero-order valence-electron chi connectivity index (χ0n) is 11.7. The molecule has 6 nitrogen and oxygen atoms in total. The average Bonchev–Trinajstić information content (AvgIpc) is 2.85. The Morgan fingerprint density at radius 2 is 2.18 bits per heavy atom. The normalized spacial score (nSPS) is 41.3. The van der Waals surface area contributed by atoms with Gasteiger partial charge in [0.15, 0.2) is 23.4 Å². The molecule has 1 aromatic rings. The van der Waals surface area contributed by atoms with Gasteiger partial charge in [-0.3, -0.25) is 4.79 Å². The van der Waals surface area contributed by atoms with Gasteiger partial charge in [0.2, 0.25) is 0 Å². The molecule has 6 heteroatoms. The van der Waals surface area contributed by atoms with Crippen molar-refractivity contribution in [2.75, 3.05) is 6.54 Å². The number of carbonyl (C=O) groups is 1. The average molecular weight is 301 g/mol. The minimum Gasteiger partial charge on any atom is -0.504 e. The molecule has 0 saturated carbocycles. The molecule has 0 unspecified atom stereocenters. The molecule has 2 heterocycles. The third-order valence-electron chi connectivity index (χ3n) is 5.84. The summed E-state index contributed by atoms with van der Waals surface area (Å²) in [6.45, 7) is 0.350. The van der Waals surface area contributed by atoms with Crippen LogP contribution in [0.2, 0.25) is 0 Å². The highest BCUT2D eigenvalue weighted by Gasteiger charge is 2.72. The third-order valence-corrected chi connectivity index (χ3v) is 5.84.